The van der Waals surface area contributed by atoms with Gasteiger partial charge in [-0.15, -0.1) is 0 Å². The van der Waals surface area contributed by atoms with Crippen molar-refractivity contribution in [1.29, 1.82) is 0 Å². The molecule has 0 aliphatic carbocycles. The van der Waals surface area contributed by atoms with Gasteiger partial charge >= 0.3 is 0 Å². The molecule has 1 unspecified atom stereocenters. The number of aryl methyl sites for hydroxylation is 1. The Balaban J connectivity index is 2.36. The minimum Gasteiger partial charge on any atom is -0.399 e. The van der Waals surface area contributed by atoms with Crippen molar-refractivity contribution in [1.82, 2.24) is 0 Å². The summed E-state index contributed by atoms with van der Waals surface area (Å²) in [6.45, 7) is 4.41. The van der Waals surface area contributed by atoms with Crippen LogP contribution >= 0.6 is 0 Å². The number of benzene rings is 1. The molecule has 4 nitrogen and oxygen atoms in total. The van der Waals surface area contributed by atoms with Crippen molar-refractivity contribution in [3.63, 3.8) is 0 Å². The summed E-state index contributed by atoms with van der Waals surface area (Å²) in [4.78, 5) is 13.7. The van der Waals surface area contributed by atoms with Crippen molar-refractivity contribution in [2.45, 2.75) is 32.9 Å². The van der Waals surface area contributed by atoms with Gasteiger partial charge in [-0.1, -0.05) is 0 Å². The summed E-state index contributed by atoms with van der Waals surface area (Å²) in [5.74, 6) is 0.114. The van der Waals surface area contributed by atoms with Crippen LogP contribution in [0.4, 0.5) is 11.4 Å². The highest BCUT2D eigenvalue weighted by molar-refractivity contribution is 5.97. The second-order valence-electron chi connectivity index (χ2n) is 4.21. The molecule has 2 rings (SSSR count). The van der Waals surface area contributed by atoms with Crippen molar-refractivity contribution in [3.05, 3.63) is 23.8 Å². The first kappa shape index (κ1) is 11.9. The van der Waals surface area contributed by atoms with Gasteiger partial charge in [-0.05, 0) is 44.0 Å². The highest BCUT2D eigenvalue weighted by atomic mass is 16.5. The highest BCUT2D eigenvalue weighted by Crippen LogP contribution is 2.31. The lowest BCUT2D eigenvalue weighted by atomic mass is 10.0. The number of amides is 1. The van der Waals surface area contributed by atoms with Gasteiger partial charge in [0.1, 0.15) is 6.23 Å². The maximum Gasteiger partial charge on any atom is 0.229 e. The van der Waals surface area contributed by atoms with Crippen LogP contribution < -0.4 is 10.6 Å². The first-order valence-corrected chi connectivity index (χ1v) is 5.95. The Hall–Kier alpha value is -1.55. The van der Waals surface area contributed by atoms with E-state index in [1.807, 2.05) is 32.0 Å². The average Bonchev–Trinajstić information content (AvgIpc) is 2.29. The van der Waals surface area contributed by atoms with E-state index in [4.69, 9.17) is 10.5 Å². The van der Waals surface area contributed by atoms with E-state index in [9.17, 15) is 4.79 Å². The maximum absolute atomic E-state index is 12.0. The SMILES string of the molecule is CCOC(C)N1C(=O)CCc2cc(N)ccc21. The van der Waals surface area contributed by atoms with E-state index in [1.165, 1.54) is 0 Å². The molecule has 0 saturated heterocycles. The van der Waals surface area contributed by atoms with Crippen LogP contribution in [0.1, 0.15) is 25.8 Å². The Morgan fingerprint density at radius 2 is 2.24 bits per heavy atom. The second-order valence-corrected chi connectivity index (χ2v) is 4.21. The summed E-state index contributed by atoms with van der Waals surface area (Å²) >= 11 is 0. The lowest BCUT2D eigenvalue weighted by Crippen LogP contribution is -2.43. The molecule has 1 aromatic carbocycles. The Morgan fingerprint density at radius 1 is 1.47 bits per heavy atom. The molecule has 1 heterocycles. The minimum absolute atomic E-state index is 0.114. The van der Waals surface area contributed by atoms with E-state index in [2.05, 4.69) is 0 Å². The van der Waals surface area contributed by atoms with E-state index >= 15 is 0 Å². The van der Waals surface area contributed by atoms with Gasteiger partial charge in [-0.3, -0.25) is 9.69 Å². The number of nitrogens with two attached hydrogens (primary N) is 1. The van der Waals surface area contributed by atoms with Crippen LogP contribution in [0.15, 0.2) is 18.2 Å². The monoisotopic (exact) mass is 234 g/mol. The first-order valence-electron chi connectivity index (χ1n) is 5.95. The zero-order chi connectivity index (χ0) is 12.4. The number of fused-ring (bicyclic) bond motifs is 1. The van der Waals surface area contributed by atoms with Gasteiger partial charge in [-0.2, -0.15) is 0 Å². The molecule has 92 valence electrons. The van der Waals surface area contributed by atoms with Gasteiger partial charge in [0.25, 0.3) is 0 Å². The third-order valence-electron chi connectivity index (χ3n) is 3.01. The number of carbonyl (C=O) groups excluding carboxylic acids is 1. The Morgan fingerprint density at radius 3 is 2.94 bits per heavy atom. The van der Waals surface area contributed by atoms with Crippen molar-refractivity contribution >= 4 is 17.3 Å². The van der Waals surface area contributed by atoms with Crippen LogP contribution in [0.5, 0.6) is 0 Å². The first-order chi connectivity index (χ1) is 8.13. The number of hydrogen-bond acceptors (Lipinski definition) is 3. The van der Waals surface area contributed by atoms with E-state index in [0.29, 0.717) is 13.0 Å². The van der Waals surface area contributed by atoms with Crippen LogP contribution in [-0.2, 0) is 16.0 Å². The predicted octanol–water partition coefficient (Wildman–Crippen LogP) is 1.93. The lowest BCUT2D eigenvalue weighted by molar-refractivity contribution is -0.121. The molecule has 0 bridgehead atoms. The molecule has 0 saturated carbocycles. The molecule has 0 spiro atoms. The number of rotatable bonds is 3. The van der Waals surface area contributed by atoms with Gasteiger partial charge in [0.2, 0.25) is 5.91 Å². The molecule has 0 radical (unpaired) electrons. The summed E-state index contributed by atoms with van der Waals surface area (Å²) in [7, 11) is 0. The van der Waals surface area contributed by atoms with E-state index in [-0.39, 0.29) is 12.1 Å². The molecule has 0 fully saturated rings. The van der Waals surface area contributed by atoms with Gasteiger partial charge in [-0.25, -0.2) is 0 Å². The predicted molar refractivity (Wildman–Crippen MR) is 67.7 cm³/mol. The largest absolute Gasteiger partial charge is 0.399 e. The Kier molecular flexibility index (Phi) is 3.33. The molecule has 1 amide bonds. The van der Waals surface area contributed by atoms with Crippen LogP contribution in [0.2, 0.25) is 0 Å². The lowest BCUT2D eigenvalue weighted by Gasteiger charge is -2.34. The summed E-state index contributed by atoms with van der Waals surface area (Å²) in [6.07, 6.45) is 1.05. The van der Waals surface area contributed by atoms with Gasteiger partial charge in [0.05, 0.1) is 0 Å². The van der Waals surface area contributed by atoms with Crippen LogP contribution in [-0.4, -0.2) is 18.7 Å². The standard InChI is InChI=1S/C13H18N2O2/c1-3-17-9(2)15-12-6-5-11(14)8-10(12)4-7-13(15)16/h5-6,8-9H,3-4,7,14H2,1-2H3. The smallest absolute Gasteiger partial charge is 0.229 e. The Bertz CT molecular complexity index is 431. The van der Waals surface area contributed by atoms with Gasteiger partial charge in [0.15, 0.2) is 0 Å². The summed E-state index contributed by atoms with van der Waals surface area (Å²) in [5, 5.41) is 0. The van der Waals surface area contributed by atoms with Crippen molar-refractivity contribution in [2.75, 3.05) is 17.2 Å². The van der Waals surface area contributed by atoms with E-state index in [0.717, 1.165) is 23.4 Å². The highest BCUT2D eigenvalue weighted by Gasteiger charge is 2.28. The number of anilines is 2. The topological polar surface area (TPSA) is 55.6 Å². The zero-order valence-electron chi connectivity index (χ0n) is 10.3. The fourth-order valence-corrected chi connectivity index (χ4v) is 2.25. The summed E-state index contributed by atoms with van der Waals surface area (Å²) in [6, 6.07) is 5.66. The fraction of sp³-hybridized carbons (Fsp3) is 0.462. The number of nitrogen functional groups attached to an aromatic ring is 1. The van der Waals surface area contributed by atoms with Gasteiger partial charge < -0.3 is 10.5 Å². The molecule has 1 aromatic rings. The maximum atomic E-state index is 12.0. The van der Waals surface area contributed by atoms with E-state index in [1.54, 1.807) is 4.90 Å². The molecule has 2 N–H and O–H groups in total. The molecule has 17 heavy (non-hydrogen) atoms. The summed E-state index contributed by atoms with van der Waals surface area (Å²) in [5.41, 5.74) is 8.55. The number of hydrogen-bond donors (Lipinski definition) is 1. The quantitative estimate of drug-likeness (QED) is 0.813. The molecule has 1 aliphatic rings. The second kappa shape index (κ2) is 4.75. The minimum atomic E-state index is -0.227. The third-order valence-corrected chi connectivity index (χ3v) is 3.01. The fourth-order valence-electron chi connectivity index (χ4n) is 2.25. The molecular formula is C13H18N2O2. The third kappa shape index (κ3) is 2.26. The number of ether oxygens (including phenoxy) is 1. The van der Waals surface area contributed by atoms with Crippen LogP contribution in [0.3, 0.4) is 0 Å². The summed E-state index contributed by atoms with van der Waals surface area (Å²) < 4.78 is 5.51. The van der Waals surface area contributed by atoms with Crippen LogP contribution in [0.25, 0.3) is 0 Å². The molecule has 4 heteroatoms. The molecule has 0 aromatic heterocycles. The normalized spacial score (nSPS) is 16.8. The Labute approximate surface area is 101 Å². The molecular weight excluding hydrogens is 216 g/mol. The average molecular weight is 234 g/mol. The van der Waals surface area contributed by atoms with E-state index < -0.39 is 0 Å². The number of carbonyl (C=O) groups is 1. The van der Waals surface area contributed by atoms with Gasteiger partial charge in [0, 0.05) is 24.4 Å². The zero-order valence-corrected chi connectivity index (χ0v) is 10.3. The van der Waals surface area contributed by atoms with Crippen molar-refractivity contribution < 1.29 is 9.53 Å². The van der Waals surface area contributed by atoms with Crippen molar-refractivity contribution in [3.8, 4) is 0 Å². The van der Waals surface area contributed by atoms with Crippen LogP contribution in [0, 0.1) is 0 Å². The molecule has 1 aliphatic heterocycles. The molecule has 1 atom stereocenters. The number of nitrogens with zero attached hydrogens (tertiary/aromatic N) is 1. The van der Waals surface area contributed by atoms with Crippen molar-refractivity contribution in [2.24, 2.45) is 0 Å².